The summed E-state index contributed by atoms with van der Waals surface area (Å²) in [6.07, 6.45) is 0.636. The number of nitrogens with two attached hydrogens (primary N) is 1. The minimum atomic E-state index is -4.07. The van der Waals surface area contributed by atoms with Crippen molar-refractivity contribution in [2.75, 3.05) is 6.61 Å². The molecule has 1 aromatic carbocycles. The molecule has 0 bridgehead atoms. The molecule has 0 radical (unpaired) electrons. The fourth-order valence-electron chi connectivity index (χ4n) is 1.23. The number of halogens is 1. The molecule has 0 unspecified atom stereocenters. The zero-order valence-corrected chi connectivity index (χ0v) is 10.7. The lowest BCUT2D eigenvalue weighted by Crippen LogP contribution is -2.18. The monoisotopic (exact) mass is 277 g/mol. The lowest BCUT2D eigenvalue weighted by atomic mass is 10.2. The second kappa shape index (κ2) is 5.48. The molecule has 5 nitrogen and oxygen atoms in total. The Kier molecular flexibility index (Phi) is 4.50. The first-order valence-electron chi connectivity index (χ1n) is 4.86. The van der Waals surface area contributed by atoms with E-state index >= 15 is 0 Å². The Morgan fingerprint density at radius 1 is 1.47 bits per heavy atom. The molecule has 0 aromatic heterocycles. The molecule has 1 rings (SSSR count). The summed E-state index contributed by atoms with van der Waals surface area (Å²) in [6.45, 7) is 2.03. The third-order valence-corrected chi connectivity index (χ3v) is 3.34. The van der Waals surface area contributed by atoms with Crippen molar-refractivity contribution in [2.24, 2.45) is 5.14 Å². The predicted molar refractivity (Wildman–Crippen MR) is 63.4 cm³/mol. The lowest BCUT2D eigenvalue weighted by molar-refractivity contribution is 0.0500. The van der Waals surface area contributed by atoms with Crippen LogP contribution >= 0.6 is 11.6 Å². The van der Waals surface area contributed by atoms with Crippen LogP contribution in [0.5, 0.6) is 0 Å². The van der Waals surface area contributed by atoms with Crippen molar-refractivity contribution < 1.29 is 17.9 Å². The molecule has 0 aliphatic heterocycles. The molecule has 0 aliphatic rings. The summed E-state index contributed by atoms with van der Waals surface area (Å²) >= 11 is 5.73. The second-order valence-corrected chi connectivity index (χ2v) is 5.20. The Labute approximate surface area is 105 Å². The van der Waals surface area contributed by atoms with E-state index in [1.807, 2.05) is 6.92 Å². The van der Waals surface area contributed by atoms with E-state index < -0.39 is 20.9 Å². The average Bonchev–Trinajstić information content (AvgIpc) is 2.23. The maximum absolute atomic E-state index is 11.6. The summed E-state index contributed by atoms with van der Waals surface area (Å²) in [5, 5.41) is 4.91. The van der Waals surface area contributed by atoms with E-state index in [0.29, 0.717) is 6.42 Å². The van der Waals surface area contributed by atoms with Gasteiger partial charge in [0.1, 0.15) is 4.90 Å². The normalized spacial score (nSPS) is 11.2. The van der Waals surface area contributed by atoms with Crippen LogP contribution in [0, 0.1) is 0 Å². The fourth-order valence-corrected chi connectivity index (χ4v) is 2.53. The van der Waals surface area contributed by atoms with Gasteiger partial charge in [0.05, 0.1) is 17.2 Å². The topological polar surface area (TPSA) is 86.5 Å². The van der Waals surface area contributed by atoms with Crippen molar-refractivity contribution in [2.45, 2.75) is 18.2 Å². The number of sulfonamides is 1. The summed E-state index contributed by atoms with van der Waals surface area (Å²) in [4.78, 5) is 11.2. The zero-order chi connectivity index (χ0) is 13.1. The van der Waals surface area contributed by atoms with Crippen LogP contribution in [0.4, 0.5) is 0 Å². The highest BCUT2D eigenvalue weighted by Gasteiger charge is 2.23. The van der Waals surface area contributed by atoms with Gasteiger partial charge in [-0.15, -0.1) is 0 Å². The highest BCUT2D eigenvalue weighted by molar-refractivity contribution is 7.89. The van der Waals surface area contributed by atoms with Crippen molar-refractivity contribution in [3.8, 4) is 0 Å². The Hall–Kier alpha value is -1.11. The molecule has 0 amide bonds. The highest BCUT2D eigenvalue weighted by Crippen LogP contribution is 2.24. The molecule has 94 valence electrons. The second-order valence-electron chi connectivity index (χ2n) is 3.30. The van der Waals surface area contributed by atoms with Crippen molar-refractivity contribution in [1.29, 1.82) is 0 Å². The molecule has 1 aromatic rings. The van der Waals surface area contributed by atoms with Crippen LogP contribution in [0.2, 0.25) is 5.02 Å². The van der Waals surface area contributed by atoms with Crippen LogP contribution in [0.25, 0.3) is 0 Å². The Morgan fingerprint density at radius 2 is 2.12 bits per heavy atom. The van der Waals surface area contributed by atoms with Crippen molar-refractivity contribution in [3.05, 3.63) is 28.8 Å². The van der Waals surface area contributed by atoms with E-state index in [2.05, 4.69) is 0 Å². The zero-order valence-electron chi connectivity index (χ0n) is 9.14. The van der Waals surface area contributed by atoms with E-state index in [4.69, 9.17) is 21.5 Å². The molecule has 7 heteroatoms. The van der Waals surface area contributed by atoms with Gasteiger partial charge in [0, 0.05) is 0 Å². The molecule has 2 N–H and O–H groups in total. The Bertz CT molecular complexity index is 527. The van der Waals surface area contributed by atoms with Gasteiger partial charge in [-0.3, -0.25) is 0 Å². The summed E-state index contributed by atoms with van der Waals surface area (Å²) < 4.78 is 27.5. The van der Waals surface area contributed by atoms with Gasteiger partial charge in [0.15, 0.2) is 0 Å². The molecular formula is C10H12ClNO4S. The third-order valence-electron chi connectivity index (χ3n) is 1.91. The van der Waals surface area contributed by atoms with E-state index in [9.17, 15) is 13.2 Å². The fraction of sp³-hybridized carbons (Fsp3) is 0.300. The Morgan fingerprint density at radius 3 is 2.65 bits per heavy atom. The number of rotatable bonds is 4. The van der Waals surface area contributed by atoms with Crippen LogP contribution in [-0.2, 0) is 14.8 Å². The summed E-state index contributed by atoms with van der Waals surface area (Å²) in [6, 6.07) is 4.11. The van der Waals surface area contributed by atoms with Crippen LogP contribution in [-0.4, -0.2) is 21.0 Å². The number of hydrogen-bond acceptors (Lipinski definition) is 4. The van der Waals surface area contributed by atoms with Gasteiger partial charge < -0.3 is 4.74 Å². The van der Waals surface area contributed by atoms with E-state index in [1.54, 1.807) is 0 Å². The summed E-state index contributed by atoms with van der Waals surface area (Å²) in [7, 11) is -4.07. The third kappa shape index (κ3) is 3.42. The number of esters is 1. The quantitative estimate of drug-likeness (QED) is 0.846. The van der Waals surface area contributed by atoms with Gasteiger partial charge in [-0.2, -0.15) is 0 Å². The first kappa shape index (κ1) is 14.0. The highest BCUT2D eigenvalue weighted by atomic mass is 35.5. The molecule has 0 spiro atoms. The van der Waals surface area contributed by atoms with Gasteiger partial charge in [-0.25, -0.2) is 18.4 Å². The standard InChI is InChI=1S/C10H12ClNO4S/c1-2-6-16-10(13)7-4-3-5-8(11)9(7)17(12,14)15/h3-5H,2,6H2,1H3,(H2,12,14,15). The number of primary sulfonamides is 1. The van der Waals surface area contributed by atoms with E-state index in [1.165, 1.54) is 18.2 Å². The number of hydrogen-bond donors (Lipinski definition) is 1. The Balaban J connectivity index is 3.25. The largest absolute Gasteiger partial charge is 0.462 e. The maximum atomic E-state index is 11.6. The van der Waals surface area contributed by atoms with Gasteiger partial charge in [-0.1, -0.05) is 24.6 Å². The van der Waals surface area contributed by atoms with Crippen LogP contribution < -0.4 is 5.14 Å². The molecule has 0 fully saturated rings. The van der Waals surface area contributed by atoms with E-state index in [-0.39, 0.29) is 17.2 Å². The number of carbonyl (C=O) groups excluding carboxylic acids is 1. The van der Waals surface area contributed by atoms with Crippen molar-refractivity contribution in [1.82, 2.24) is 0 Å². The van der Waals surface area contributed by atoms with E-state index in [0.717, 1.165) is 0 Å². The molecule has 17 heavy (non-hydrogen) atoms. The SMILES string of the molecule is CCCOC(=O)c1cccc(Cl)c1S(N)(=O)=O. The molecular weight excluding hydrogens is 266 g/mol. The average molecular weight is 278 g/mol. The maximum Gasteiger partial charge on any atom is 0.339 e. The molecule has 0 aliphatic carbocycles. The first-order valence-corrected chi connectivity index (χ1v) is 6.78. The van der Waals surface area contributed by atoms with Crippen LogP contribution in [0.1, 0.15) is 23.7 Å². The van der Waals surface area contributed by atoms with Gasteiger partial charge in [0.25, 0.3) is 0 Å². The summed E-state index contributed by atoms with van der Waals surface area (Å²) in [5.74, 6) is -0.752. The lowest BCUT2D eigenvalue weighted by Gasteiger charge is -2.08. The van der Waals surface area contributed by atoms with Crippen LogP contribution in [0.15, 0.2) is 23.1 Å². The van der Waals surface area contributed by atoms with Gasteiger partial charge in [0.2, 0.25) is 10.0 Å². The number of carbonyl (C=O) groups is 1. The van der Waals surface area contributed by atoms with Gasteiger partial charge >= 0.3 is 5.97 Å². The van der Waals surface area contributed by atoms with Gasteiger partial charge in [-0.05, 0) is 18.6 Å². The molecule has 0 saturated heterocycles. The van der Waals surface area contributed by atoms with Crippen molar-refractivity contribution in [3.63, 3.8) is 0 Å². The molecule has 0 atom stereocenters. The molecule has 0 heterocycles. The summed E-state index contributed by atoms with van der Waals surface area (Å²) in [5.41, 5.74) is -0.145. The minimum Gasteiger partial charge on any atom is -0.462 e. The molecule has 0 saturated carbocycles. The number of benzene rings is 1. The predicted octanol–water partition coefficient (Wildman–Crippen LogP) is 1.55. The van der Waals surface area contributed by atoms with Crippen LogP contribution in [0.3, 0.4) is 0 Å². The van der Waals surface area contributed by atoms with Crippen molar-refractivity contribution >= 4 is 27.6 Å². The smallest absolute Gasteiger partial charge is 0.339 e. The first-order chi connectivity index (χ1) is 7.88. The number of ether oxygens (including phenoxy) is 1. The minimum absolute atomic E-state index is 0.0987.